The minimum atomic E-state index is -0.833. The lowest BCUT2D eigenvalue weighted by Gasteiger charge is -2.02. The Hall–Kier alpha value is -1.31. The molecule has 0 saturated heterocycles. The highest BCUT2D eigenvalue weighted by Crippen LogP contribution is 2.05. The number of hydrogen-bond donors (Lipinski definition) is 1. The zero-order chi connectivity index (χ0) is 11.0. The second-order valence-corrected chi connectivity index (χ2v) is 3.60. The van der Waals surface area contributed by atoms with E-state index in [1.165, 1.54) is 12.0 Å². The molecule has 0 spiro atoms. The van der Waals surface area contributed by atoms with Crippen LogP contribution in [0.4, 0.5) is 0 Å². The Bertz CT molecular complexity index is 248. The van der Waals surface area contributed by atoms with Gasteiger partial charge in [-0.1, -0.05) is 44.2 Å². The molecule has 78 valence electrons. The van der Waals surface area contributed by atoms with Crippen LogP contribution in [0.25, 0.3) is 0 Å². The summed E-state index contributed by atoms with van der Waals surface area (Å²) >= 11 is 0. The second-order valence-electron chi connectivity index (χ2n) is 3.60. The average molecular weight is 194 g/mol. The molecular weight excluding hydrogens is 176 g/mol. The second kappa shape index (κ2) is 7.13. The standard InChI is InChI=1S/C10H14.C2H4O2/c1-9(2)8-10-6-4-3-5-7-10;1-2(3)4/h3-7,9H,8H2,1-2H3;1H3,(H,3,4). The molecule has 0 unspecified atom stereocenters. The third-order valence-electron chi connectivity index (χ3n) is 1.49. The maximum absolute atomic E-state index is 9.00. The number of carboxylic acids is 1. The number of rotatable bonds is 2. The molecule has 1 rings (SSSR count). The van der Waals surface area contributed by atoms with E-state index in [1.807, 2.05) is 0 Å². The molecule has 0 atom stereocenters. The summed E-state index contributed by atoms with van der Waals surface area (Å²) in [7, 11) is 0. The van der Waals surface area contributed by atoms with E-state index in [-0.39, 0.29) is 0 Å². The van der Waals surface area contributed by atoms with E-state index in [9.17, 15) is 0 Å². The molecule has 0 fully saturated rings. The highest BCUT2D eigenvalue weighted by molar-refractivity contribution is 5.62. The van der Waals surface area contributed by atoms with Crippen LogP contribution >= 0.6 is 0 Å². The van der Waals surface area contributed by atoms with E-state index < -0.39 is 5.97 Å². The van der Waals surface area contributed by atoms with Crippen LogP contribution in [0.3, 0.4) is 0 Å². The van der Waals surface area contributed by atoms with Crippen LogP contribution in [0.2, 0.25) is 0 Å². The van der Waals surface area contributed by atoms with E-state index in [2.05, 4.69) is 44.2 Å². The zero-order valence-corrected chi connectivity index (χ0v) is 9.03. The summed E-state index contributed by atoms with van der Waals surface area (Å²) in [5, 5.41) is 7.42. The van der Waals surface area contributed by atoms with Crippen LogP contribution in [0, 0.1) is 5.92 Å². The van der Waals surface area contributed by atoms with Crippen LogP contribution in [0.5, 0.6) is 0 Å². The van der Waals surface area contributed by atoms with Gasteiger partial charge < -0.3 is 5.11 Å². The van der Waals surface area contributed by atoms with Crippen LogP contribution in [0.15, 0.2) is 30.3 Å². The van der Waals surface area contributed by atoms with Crippen LogP contribution < -0.4 is 0 Å². The van der Waals surface area contributed by atoms with Crippen molar-refractivity contribution >= 4 is 5.97 Å². The van der Waals surface area contributed by atoms with Gasteiger partial charge in [0, 0.05) is 6.92 Å². The predicted octanol–water partition coefficient (Wildman–Crippen LogP) is 2.98. The third-order valence-corrected chi connectivity index (χ3v) is 1.49. The maximum Gasteiger partial charge on any atom is 0.300 e. The molecule has 1 aromatic carbocycles. The Morgan fingerprint density at radius 2 is 1.71 bits per heavy atom. The SMILES string of the molecule is CC(=O)O.CC(C)Cc1ccccc1. The number of benzene rings is 1. The molecule has 0 heterocycles. The maximum atomic E-state index is 9.00. The molecule has 1 N–H and O–H groups in total. The predicted molar refractivity (Wildman–Crippen MR) is 58.3 cm³/mol. The summed E-state index contributed by atoms with van der Waals surface area (Å²) in [4.78, 5) is 9.00. The molecule has 0 saturated carbocycles. The largest absolute Gasteiger partial charge is 0.481 e. The van der Waals surface area contributed by atoms with Crippen molar-refractivity contribution in [1.82, 2.24) is 0 Å². The molecule has 0 amide bonds. The van der Waals surface area contributed by atoms with Gasteiger partial charge in [-0.3, -0.25) is 4.79 Å². The topological polar surface area (TPSA) is 37.3 Å². The number of hydrogen-bond acceptors (Lipinski definition) is 1. The van der Waals surface area contributed by atoms with Gasteiger partial charge in [0.05, 0.1) is 0 Å². The molecule has 0 aliphatic heterocycles. The fourth-order valence-electron chi connectivity index (χ4n) is 1.09. The van der Waals surface area contributed by atoms with Crippen molar-refractivity contribution < 1.29 is 9.90 Å². The fourth-order valence-corrected chi connectivity index (χ4v) is 1.09. The van der Waals surface area contributed by atoms with Gasteiger partial charge in [-0.25, -0.2) is 0 Å². The normalized spacial score (nSPS) is 9.14. The molecule has 2 nitrogen and oxygen atoms in total. The quantitative estimate of drug-likeness (QED) is 0.785. The first-order chi connectivity index (χ1) is 6.52. The van der Waals surface area contributed by atoms with E-state index >= 15 is 0 Å². The Balaban J connectivity index is 0.000000364. The molecular formula is C12H18O2. The summed E-state index contributed by atoms with van der Waals surface area (Å²) in [5.74, 6) is -0.0672. The Labute approximate surface area is 85.6 Å². The van der Waals surface area contributed by atoms with E-state index in [4.69, 9.17) is 9.90 Å². The third kappa shape index (κ3) is 8.78. The lowest BCUT2D eigenvalue weighted by molar-refractivity contribution is -0.134. The van der Waals surface area contributed by atoms with Crippen molar-refractivity contribution in [1.29, 1.82) is 0 Å². The highest BCUT2D eigenvalue weighted by atomic mass is 16.4. The molecule has 14 heavy (non-hydrogen) atoms. The van der Waals surface area contributed by atoms with Crippen molar-refractivity contribution in [2.75, 3.05) is 0 Å². The number of carboxylic acid groups (broad SMARTS) is 1. The molecule has 0 aliphatic carbocycles. The van der Waals surface area contributed by atoms with E-state index in [1.54, 1.807) is 0 Å². The van der Waals surface area contributed by atoms with Gasteiger partial charge in [0.1, 0.15) is 0 Å². The van der Waals surface area contributed by atoms with Crippen LogP contribution in [-0.2, 0) is 11.2 Å². The van der Waals surface area contributed by atoms with Gasteiger partial charge in [0.25, 0.3) is 5.97 Å². The molecule has 0 aliphatic rings. The number of carbonyl (C=O) groups is 1. The van der Waals surface area contributed by atoms with Gasteiger partial charge in [-0.2, -0.15) is 0 Å². The Kier molecular flexibility index (Phi) is 6.46. The monoisotopic (exact) mass is 194 g/mol. The molecule has 1 aromatic rings. The first-order valence-electron chi connectivity index (χ1n) is 4.75. The van der Waals surface area contributed by atoms with Crippen molar-refractivity contribution in [3.63, 3.8) is 0 Å². The van der Waals surface area contributed by atoms with Crippen molar-refractivity contribution in [3.05, 3.63) is 35.9 Å². The highest BCUT2D eigenvalue weighted by Gasteiger charge is 1.94. The minimum Gasteiger partial charge on any atom is -0.481 e. The fraction of sp³-hybridized carbons (Fsp3) is 0.417. The van der Waals surface area contributed by atoms with Gasteiger partial charge in [-0.05, 0) is 17.9 Å². The smallest absolute Gasteiger partial charge is 0.300 e. The molecule has 0 aromatic heterocycles. The first-order valence-corrected chi connectivity index (χ1v) is 4.75. The Morgan fingerprint density at radius 1 is 1.29 bits per heavy atom. The van der Waals surface area contributed by atoms with E-state index in [0.717, 1.165) is 12.8 Å². The summed E-state index contributed by atoms with van der Waals surface area (Å²) in [5.41, 5.74) is 1.44. The van der Waals surface area contributed by atoms with Gasteiger partial charge >= 0.3 is 0 Å². The molecule has 2 heteroatoms. The molecule has 0 bridgehead atoms. The van der Waals surface area contributed by atoms with Gasteiger partial charge in [0.2, 0.25) is 0 Å². The minimum absolute atomic E-state index is 0.766. The van der Waals surface area contributed by atoms with Gasteiger partial charge in [-0.15, -0.1) is 0 Å². The van der Waals surface area contributed by atoms with Gasteiger partial charge in [0.15, 0.2) is 0 Å². The zero-order valence-electron chi connectivity index (χ0n) is 9.03. The van der Waals surface area contributed by atoms with Crippen LogP contribution in [0.1, 0.15) is 26.3 Å². The lowest BCUT2D eigenvalue weighted by atomic mass is 10.0. The first kappa shape index (κ1) is 12.7. The van der Waals surface area contributed by atoms with E-state index in [0.29, 0.717) is 0 Å². The van der Waals surface area contributed by atoms with Crippen molar-refractivity contribution in [2.24, 2.45) is 5.92 Å². The summed E-state index contributed by atoms with van der Waals surface area (Å²) in [6.07, 6.45) is 1.20. The lowest BCUT2D eigenvalue weighted by Crippen LogP contribution is -1.92. The van der Waals surface area contributed by atoms with Crippen molar-refractivity contribution in [2.45, 2.75) is 27.2 Å². The summed E-state index contributed by atoms with van der Waals surface area (Å²) in [6.45, 7) is 5.57. The summed E-state index contributed by atoms with van der Waals surface area (Å²) < 4.78 is 0. The summed E-state index contributed by atoms with van der Waals surface area (Å²) in [6, 6.07) is 10.6. The van der Waals surface area contributed by atoms with Crippen LogP contribution in [-0.4, -0.2) is 11.1 Å². The molecule has 0 radical (unpaired) electrons. The number of aliphatic carboxylic acids is 1. The van der Waals surface area contributed by atoms with Crippen molar-refractivity contribution in [3.8, 4) is 0 Å². The Morgan fingerprint density at radius 3 is 2.07 bits per heavy atom. The average Bonchev–Trinajstić information content (AvgIpc) is 2.03.